The third-order valence-electron chi connectivity index (χ3n) is 2.76. The second kappa shape index (κ2) is 6.74. The van der Waals surface area contributed by atoms with E-state index in [1.54, 1.807) is 6.07 Å². The van der Waals surface area contributed by atoms with Crippen LogP contribution in [0.3, 0.4) is 0 Å². The first-order valence-electron chi connectivity index (χ1n) is 6.54. The fraction of sp³-hybridized carbons (Fsp3) is 0.600. The van der Waals surface area contributed by atoms with Crippen molar-refractivity contribution >= 4 is 0 Å². The fourth-order valence-corrected chi connectivity index (χ4v) is 1.82. The first-order chi connectivity index (χ1) is 8.42. The van der Waals surface area contributed by atoms with Crippen molar-refractivity contribution in [2.45, 2.75) is 40.0 Å². The Balaban J connectivity index is 2.51. The van der Waals surface area contributed by atoms with Gasteiger partial charge in [0.15, 0.2) is 0 Å². The lowest BCUT2D eigenvalue weighted by molar-refractivity contribution is 0.267. The van der Waals surface area contributed by atoms with E-state index in [0.717, 1.165) is 24.2 Å². The number of nitrogens with two attached hydrogens (primary N) is 1. The molecule has 0 amide bonds. The van der Waals surface area contributed by atoms with Crippen LogP contribution in [0.15, 0.2) is 18.2 Å². The Hall–Kier alpha value is -1.09. The maximum absolute atomic E-state index is 13.1. The summed E-state index contributed by atoms with van der Waals surface area (Å²) in [5.41, 5.74) is 6.69. The lowest BCUT2D eigenvalue weighted by atomic mass is 9.91. The molecule has 0 radical (unpaired) electrons. The molecule has 0 atom stereocenters. The average molecular weight is 253 g/mol. The molecule has 0 aliphatic rings. The third kappa shape index (κ3) is 5.50. The van der Waals surface area contributed by atoms with Crippen molar-refractivity contribution in [1.82, 2.24) is 0 Å². The number of benzene rings is 1. The predicted molar refractivity (Wildman–Crippen MR) is 73.3 cm³/mol. The Kier molecular flexibility index (Phi) is 5.60. The van der Waals surface area contributed by atoms with E-state index < -0.39 is 0 Å². The van der Waals surface area contributed by atoms with Crippen molar-refractivity contribution in [2.24, 2.45) is 11.1 Å². The number of hydrogen-bond acceptors (Lipinski definition) is 2. The third-order valence-corrected chi connectivity index (χ3v) is 2.76. The minimum atomic E-state index is -0.236. The molecule has 0 unspecified atom stereocenters. The summed E-state index contributed by atoms with van der Waals surface area (Å²) in [6, 6.07) is 4.63. The summed E-state index contributed by atoms with van der Waals surface area (Å²) in [5, 5.41) is 0. The van der Waals surface area contributed by atoms with Gasteiger partial charge in [0.2, 0.25) is 0 Å². The monoisotopic (exact) mass is 253 g/mol. The molecule has 0 fully saturated rings. The zero-order valence-electron chi connectivity index (χ0n) is 11.6. The Morgan fingerprint density at radius 2 is 2.00 bits per heavy atom. The molecule has 1 rings (SSSR count). The van der Waals surface area contributed by atoms with Gasteiger partial charge in [0, 0.05) is 0 Å². The summed E-state index contributed by atoms with van der Waals surface area (Å²) in [4.78, 5) is 0. The first-order valence-corrected chi connectivity index (χ1v) is 6.54. The van der Waals surface area contributed by atoms with Crippen molar-refractivity contribution < 1.29 is 9.13 Å². The highest BCUT2D eigenvalue weighted by Crippen LogP contribution is 2.23. The number of ether oxygens (including phenoxy) is 1. The van der Waals surface area contributed by atoms with Gasteiger partial charge in [-0.1, -0.05) is 20.8 Å². The highest BCUT2D eigenvalue weighted by molar-refractivity contribution is 5.34. The Bertz CT molecular complexity index is 371. The molecule has 2 N–H and O–H groups in total. The molecule has 1 aromatic carbocycles. The minimum Gasteiger partial charge on any atom is -0.493 e. The molecule has 18 heavy (non-hydrogen) atoms. The number of halogens is 1. The van der Waals surface area contributed by atoms with Gasteiger partial charge in [-0.15, -0.1) is 0 Å². The van der Waals surface area contributed by atoms with E-state index in [9.17, 15) is 4.39 Å². The van der Waals surface area contributed by atoms with Crippen LogP contribution in [0.2, 0.25) is 0 Å². The summed E-state index contributed by atoms with van der Waals surface area (Å²) in [5.74, 6) is 0.524. The first kappa shape index (κ1) is 15.0. The van der Waals surface area contributed by atoms with Crippen molar-refractivity contribution in [3.63, 3.8) is 0 Å². The standard InChI is InChI=1S/C15H24FNO/c1-15(2,3)8-4-10-18-14-6-5-13(16)11-12(14)7-9-17/h5-6,11H,4,7-10,17H2,1-3H3. The van der Waals surface area contributed by atoms with Gasteiger partial charge < -0.3 is 10.5 Å². The fourth-order valence-electron chi connectivity index (χ4n) is 1.82. The van der Waals surface area contributed by atoms with Gasteiger partial charge in [-0.05, 0) is 55.0 Å². The van der Waals surface area contributed by atoms with Crippen LogP contribution in [0.4, 0.5) is 4.39 Å². The molecule has 2 nitrogen and oxygen atoms in total. The van der Waals surface area contributed by atoms with Crippen LogP contribution >= 0.6 is 0 Å². The molecule has 0 aromatic heterocycles. The van der Waals surface area contributed by atoms with Gasteiger partial charge in [-0.25, -0.2) is 4.39 Å². The van der Waals surface area contributed by atoms with Crippen molar-refractivity contribution in [1.29, 1.82) is 0 Å². The minimum absolute atomic E-state index is 0.236. The molecule has 3 heteroatoms. The van der Waals surface area contributed by atoms with E-state index >= 15 is 0 Å². The van der Waals surface area contributed by atoms with Gasteiger partial charge >= 0.3 is 0 Å². The molecule has 0 aliphatic carbocycles. The molecule has 102 valence electrons. The van der Waals surface area contributed by atoms with Gasteiger partial charge in [0.1, 0.15) is 11.6 Å². The summed E-state index contributed by atoms with van der Waals surface area (Å²) < 4.78 is 18.8. The van der Waals surface area contributed by atoms with Crippen LogP contribution in [0.25, 0.3) is 0 Å². The maximum Gasteiger partial charge on any atom is 0.123 e. The van der Waals surface area contributed by atoms with Crippen LogP contribution in [-0.2, 0) is 6.42 Å². The van der Waals surface area contributed by atoms with Crippen molar-refractivity contribution in [3.05, 3.63) is 29.6 Å². The molecule has 0 saturated carbocycles. The quantitative estimate of drug-likeness (QED) is 0.787. The normalized spacial score (nSPS) is 11.6. The van der Waals surface area contributed by atoms with E-state index in [1.165, 1.54) is 12.1 Å². The molecule has 1 aromatic rings. The lowest BCUT2D eigenvalue weighted by Gasteiger charge is -2.18. The molecule has 0 spiro atoms. The van der Waals surface area contributed by atoms with Crippen LogP contribution in [0.1, 0.15) is 39.2 Å². The largest absolute Gasteiger partial charge is 0.493 e. The highest BCUT2D eigenvalue weighted by atomic mass is 19.1. The Morgan fingerprint density at radius 1 is 1.28 bits per heavy atom. The highest BCUT2D eigenvalue weighted by Gasteiger charge is 2.10. The predicted octanol–water partition coefficient (Wildman–Crippen LogP) is 3.53. The van der Waals surface area contributed by atoms with E-state index in [4.69, 9.17) is 10.5 Å². The lowest BCUT2D eigenvalue weighted by Crippen LogP contribution is -2.09. The second-order valence-electron chi connectivity index (χ2n) is 5.80. The molecule has 0 heterocycles. The van der Waals surface area contributed by atoms with E-state index in [0.29, 0.717) is 25.0 Å². The molecule has 0 saturated heterocycles. The topological polar surface area (TPSA) is 35.2 Å². The van der Waals surface area contributed by atoms with Crippen LogP contribution < -0.4 is 10.5 Å². The molecular formula is C15H24FNO. The average Bonchev–Trinajstić information content (AvgIpc) is 2.26. The zero-order valence-corrected chi connectivity index (χ0v) is 11.6. The van der Waals surface area contributed by atoms with Gasteiger partial charge in [-0.3, -0.25) is 0 Å². The maximum atomic E-state index is 13.1. The molecule has 0 aliphatic heterocycles. The Morgan fingerprint density at radius 3 is 2.61 bits per heavy atom. The molecule has 0 bridgehead atoms. The van der Waals surface area contributed by atoms with Crippen molar-refractivity contribution in [3.8, 4) is 5.75 Å². The summed E-state index contributed by atoms with van der Waals surface area (Å²) in [6.07, 6.45) is 2.76. The van der Waals surface area contributed by atoms with Crippen molar-refractivity contribution in [2.75, 3.05) is 13.2 Å². The van der Waals surface area contributed by atoms with Crippen LogP contribution in [0.5, 0.6) is 5.75 Å². The van der Waals surface area contributed by atoms with Crippen LogP contribution in [-0.4, -0.2) is 13.2 Å². The second-order valence-corrected chi connectivity index (χ2v) is 5.80. The van der Waals surface area contributed by atoms with Crippen LogP contribution in [0, 0.1) is 11.2 Å². The smallest absolute Gasteiger partial charge is 0.123 e. The van der Waals surface area contributed by atoms with E-state index in [-0.39, 0.29) is 5.82 Å². The molecular weight excluding hydrogens is 229 g/mol. The number of rotatable bonds is 6. The summed E-state index contributed by atoms with van der Waals surface area (Å²) in [6.45, 7) is 7.81. The Labute approximate surface area is 109 Å². The summed E-state index contributed by atoms with van der Waals surface area (Å²) in [7, 11) is 0. The summed E-state index contributed by atoms with van der Waals surface area (Å²) >= 11 is 0. The van der Waals surface area contributed by atoms with Gasteiger partial charge in [0.25, 0.3) is 0 Å². The zero-order chi connectivity index (χ0) is 13.6. The van der Waals surface area contributed by atoms with Gasteiger partial charge in [0.05, 0.1) is 6.61 Å². The van der Waals surface area contributed by atoms with E-state index in [1.807, 2.05) is 0 Å². The van der Waals surface area contributed by atoms with Gasteiger partial charge in [-0.2, -0.15) is 0 Å². The van der Waals surface area contributed by atoms with E-state index in [2.05, 4.69) is 20.8 Å². The SMILES string of the molecule is CC(C)(C)CCCOc1ccc(F)cc1CCN. The number of hydrogen-bond donors (Lipinski definition) is 1.